The van der Waals surface area contributed by atoms with E-state index >= 15 is 0 Å². The summed E-state index contributed by atoms with van der Waals surface area (Å²) >= 11 is 0. The quantitative estimate of drug-likeness (QED) is 0.667. The van der Waals surface area contributed by atoms with E-state index in [1.807, 2.05) is 6.92 Å². The first-order chi connectivity index (χ1) is 13.1. The lowest BCUT2D eigenvalue weighted by Gasteiger charge is -2.31. The predicted octanol–water partition coefficient (Wildman–Crippen LogP) is 0.599. The lowest BCUT2D eigenvalue weighted by Crippen LogP contribution is -2.43. The molecule has 4 heterocycles. The molecule has 0 saturated carbocycles. The molecule has 10 nitrogen and oxygen atoms in total. The van der Waals surface area contributed by atoms with Crippen molar-refractivity contribution in [2.75, 3.05) is 6.54 Å². The summed E-state index contributed by atoms with van der Waals surface area (Å²) in [5, 5.41) is 11.9. The van der Waals surface area contributed by atoms with Crippen LogP contribution in [0.5, 0.6) is 5.75 Å². The average Bonchev–Trinajstić information content (AvgIpc) is 3.33. The van der Waals surface area contributed by atoms with Crippen LogP contribution in [-0.2, 0) is 6.54 Å². The second kappa shape index (κ2) is 5.86. The molecular formula is C17H17N7O3. The molecule has 10 heteroatoms. The predicted molar refractivity (Wildman–Crippen MR) is 93.2 cm³/mol. The van der Waals surface area contributed by atoms with Gasteiger partial charge in [0.05, 0.1) is 35.4 Å². The van der Waals surface area contributed by atoms with E-state index in [0.717, 1.165) is 12.8 Å². The fraction of sp³-hybridized carbons (Fsp3) is 0.412. The molecule has 0 N–H and O–H groups in total. The molecule has 0 spiro atoms. The third kappa shape index (κ3) is 2.47. The van der Waals surface area contributed by atoms with Crippen LogP contribution in [0, 0.1) is 0 Å². The number of benzene rings is 1. The van der Waals surface area contributed by atoms with Crippen LogP contribution in [0.25, 0.3) is 10.9 Å². The van der Waals surface area contributed by atoms with Crippen LogP contribution in [0.3, 0.4) is 0 Å². The number of tetrazole rings is 1. The third-order valence-corrected chi connectivity index (χ3v) is 5.13. The fourth-order valence-corrected chi connectivity index (χ4v) is 3.73. The van der Waals surface area contributed by atoms with Gasteiger partial charge in [-0.15, -0.1) is 10.2 Å². The Balaban J connectivity index is 1.57. The van der Waals surface area contributed by atoms with Gasteiger partial charge >= 0.3 is 0 Å². The number of nitrogens with zero attached hydrogens (tertiary/aromatic N) is 7. The lowest BCUT2D eigenvalue weighted by atomic mass is 10.1. The zero-order chi connectivity index (χ0) is 18.5. The minimum Gasteiger partial charge on any atom is -0.470 e. The van der Waals surface area contributed by atoms with E-state index in [1.54, 1.807) is 17.0 Å². The summed E-state index contributed by atoms with van der Waals surface area (Å²) in [5.41, 5.74) is 0.751. The van der Waals surface area contributed by atoms with Crippen molar-refractivity contribution in [3.63, 3.8) is 0 Å². The monoisotopic (exact) mass is 367 g/mol. The van der Waals surface area contributed by atoms with Crippen molar-refractivity contribution in [1.82, 2.24) is 34.7 Å². The number of carbonyl (C=O) groups is 1. The van der Waals surface area contributed by atoms with Crippen LogP contribution in [-0.4, -0.2) is 53.3 Å². The molecule has 5 rings (SSSR count). The number of amides is 1. The van der Waals surface area contributed by atoms with Gasteiger partial charge in [0.15, 0.2) is 12.6 Å². The van der Waals surface area contributed by atoms with Crippen LogP contribution in [0.4, 0.5) is 0 Å². The van der Waals surface area contributed by atoms with Crippen LogP contribution >= 0.6 is 0 Å². The molecule has 1 fully saturated rings. The van der Waals surface area contributed by atoms with Crippen molar-refractivity contribution in [3.8, 4) is 5.75 Å². The minimum atomic E-state index is -0.237. The van der Waals surface area contributed by atoms with Crippen LogP contribution in [0.1, 0.15) is 36.2 Å². The maximum Gasteiger partial charge on any atom is 0.261 e. The maximum atomic E-state index is 13.0. The largest absolute Gasteiger partial charge is 0.470 e. The van der Waals surface area contributed by atoms with E-state index in [2.05, 4.69) is 20.4 Å². The van der Waals surface area contributed by atoms with Crippen LogP contribution < -0.4 is 10.3 Å². The van der Waals surface area contributed by atoms with Gasteiger partial charge in [0, 0.05) is 13.0 Å². The number of rotatable bonds is 3. The highest BCUT2D eigenvalue weighted by atomic mass is 16.5. The first kappa shape index (κ1) is 15.9. The highest BCUT2D eigenvalue weighted by Gasteiger charge is 2.37. The summed E-state index contributed by atoms with van der Waals surface area (Å²) in [6, 6.07) is 3.08. The molecule has 3 aromatic rings. The van der Waals surface area contributed by atoms with Gasteiger partial charge in [0.25, 0.3) is 11.5 Å². The zero-order valence-electron chi connectivity index (χ0n) is 14.6. The van der Waals surface area contributed by atoms with E-state index in [4.69, 9.17) is 4.74 Å². The number of fused-ring (bicyclic) bond motifs is 3. The van der Waals surface area contributed by atoms with E-state index in [1.165, 1.54) is 22.0 Å². The molecule has 1 aromatic carbocycles. The second-order valence-electron chi connectivity index (χ2n) is 6.88. The first-order valence-corrected chi connectivity index (χ1v) is 8.85. The number of aromatic nitrogens is 6. The Hall–Kier alpha value is -3.30. The van der Waals surface area contributed by atoms with E-state index in [9.17, 15) is 9.59 Å². The smallest absolute Gasteiger partial charge is 0.261 e. The number of hydrogen-bond acceptors (Lipinski definition) is 7. The Kier molecular flexibility index (Phi) is 3.46. The molecule has 1 unspecified atom stereocenters. The third-order valence-electron chi connectivity index (χ3n) is 5.13. The summed E-state index contributed by atoms with van der Waals surface area (Å²) in [6.07, 6.45) is 4.33. The highest BCUT2D eigenvalue weighted by molar-refractivity contribution is 6.01. The van der Waals surface area contributed by atoms with Gasteiger partial charge in [-0.1, -0.05) is 0 Å². The molecule has 27 heavy (non-hydrogen) atoms. The average molecular weight is 367 g/mol. The molecular weight excluding hydrogens is 350 g/mol. The Morgan fingerprint density at radius 3 is 3.04 bits per heavy atom. The van der Waals surface area contributed by atoms with Gasteiger partial charge in [0.1, 0.15) is 5.75 Å². The Morgan fingerprint density at radius 1 is 1.33 bits per heavy atom. The zero-order valence-corrected chi connectivity index (χ0v) is 14.6. The van der Waals surface area contributed by atoms with Gasteiger partial charge < -0.3 is 9.64 Å². The summed E-state index contributed by atoms with van der Waals surface area (Å²) < 4.78 is 7.50. The molecule has 0 radical (unpaired) electrons. The van der Waals surface area contributed by atoms with E-state index < -0.39 is 0 Å². The molecule has 2 aliphatic rings. The molecule has 0 aliphatic carbocycles. The molecule has 0 bridgehead atoms. The minimum absolute atomic E-state index is 0.0581. The van der Waals surface area contributed by atoms with E-state index in [0.29, 0.717) is 35.3 Å². The van der Waals surface area contributed by atoms with Gasteiger partial charge in [0.2, 0.25) is 0 Å². The summed E-state index contributed by atoms with van der Waals surface area (Å²) in [7, 11) is 0. The van der Waals surface area contributed by atoms with Crippen LogP contribution in [0.2, 0.25) is 0 Å². The summed E-state index contributed by atoms with van der Waals surface area (Å²) in [6.45, 7) is 2.97. The Bertz CT molecular complexity index is 1090. The Labute approximate surface area is 153 Å². The van der Waals surface area contributed by atoms with Crippen molar-refractivity contribution < 1.29 is 9.53 Å². The number of carbonyl (C=O) groups excluding carboxylic acids is 1. The topological polar surface area (TPSA) is 108 Å². The molecule has 1 amide bonds. The fourth-order valence-electron chi connectivity index (χ4n) is 3.73. The van der Waals surface area contributed by atoms with Crippen molar-refractivity contribution in [2.45, 2.75) is 38.6 Å². The second-order valence-corrected chi connectivity index (χ2v) is 6.88. The van der Waals surface area contributed by atoms with Crippen molar-refractivity contribution in [1.29, 1.82) is 0 Å². The van der Waals surface area contributed by atoms with Crippen molar-refractivity contribution in [3.05, 3.63) is 40.7 Å². The lowest BCUT2D eigenvalue weighted by molar-refractivity contribution is 0.0295. The summed E-state index contributed by atoms with van der Waals surface area (Å²) in [4.78, 5) is 33.2. The van der Waals surface area contributed by atoms with Gasteiger partial charge in [-0.05, 0) is 30.7 Å². The normalized spacial score (nSPS) is 19.7. The van der Waals surface area contributed by atoms with Gasteiger partial charge in [-0.3, -0.25) is 14.2 Å². The van der Waals surface area contributed by atoms with Crippen LogP contribution in [0.15, 0.2) is 29.6 Å². The van der Waals surface area contributed by atoms with Gasteiger partial charge in [-0.25, -0.2) is 4.98 Å². The van der Waals surface area contributed by atoms with Crippen molar-refractivity contribution in [2.24, 2.45) is 0 Å². The molecule has 1 saturated heterocycles. The SMILES string of the molecule is C[C@H](Cn1ncnn1)n1cnc2cc3c(cc2c1=O)OC1CCCN1C3=O. The summed E-state index contributed by atoms with van der Waals surface area (Å²) in [5.74, 6) is 0.398. The standard InChI is InChI=1S/C17H17N7O3/c1-10(7-24-20-8-19-21-24)23-9-18-13-5-12-14(6-11(13)16(23)25)27-15-3-2-4-22(15)17(12)26/h5-6,8-10,15H,2-4,7H2,1H3/t10-,15?/m1/s1. The molecule has 2 aromatic heterocycles. The van der Waals surface area contributed by atoms with E-state index in [-0.39, 0.29) is 23.7 Å². The molecule has 2 atom stereocenters. The molecule has 138 valence electrons. The van der Waals surface area contributed by atoms with Crippen molar-refractivity contribution >= 4 is 16.8 Å². The first-order valence-electron chi connectivity index (χ1n) is 8.85. The number of hydrogen-bond donors (Lipinski definition) is 0. The Morgan fingerprint density at radius 2 is 2.22 bits per heavy atom. The number of ether oxygens (including phenoxy) is 1. The highest BCUT2D eigenvalue weighted by Crippen LogP contribution is 2.34. The maximum absolute atomic E-state index is 13.0. The molecule has 2 aliphatic heterocycles. The van der Waals surface area contributed by atoms with Gasteiger partial charge in [-0.2, -0.15) is 4.80 Å².